The van der Waals surface area contributed by atoms with Crippen LogP contribution in [0.1, 0.15) is 47.4 Å². The minimum absolute atomic E-state index is 0.201. The second kappa shape index (κ2) is 8.76. The Kier molecular flexibility index (Phi) is 6.30. The molecule has 0 amide bonds. The van der Waals surface area contributed by atoms with Crippen LogP contribution >= 0.6 is 11.6 Å². The van der Waals surface area contributed by atoms with Crippen LogP contribution in [-0.4, -0.2) is 27.3 Å². The number of hydrogen-bond donors (Lipinski definition) is 2. The molecule has 2 aromatic carbocycles. The Morgan fingerprint density at radius 1 is 1.10 bits per heavy atom. The maximum atomic E-state index is 12.4. The standard InChI is InChI=1S/C23H29ClN2O2S/c1-25-15-19-13-18-9-8-17(14-26-29(27,28)21-6-3-7-21)12-22(18)23(19)11-16-4-2-5-20(24)10-16/h2,4-5,8-10,12,19,21,23,25-26H,3,6-7,11,13-15H2,1H3. The summed E-state index contributed by atoms with van der Waals surface area (Å²) in [4.78, 5) is 0. The van der Waals surface area contributed by atoms with Crippen molar-refractivity contribution in [3.63, 3.8) is 0 Å². The maximum absolute atomic E-state index is 12.4. The smallest absolute Gasteiger partial charge is 0.214 e. The zero-order chi connectivity index (χ0) is 20.4. The van der Waals surface area contributed by atoms with Crippen molar-refractivity contribution < 1.29 is 8.42 Å². The highest BCUT2D eigenvalue weighted by Crippen LogP contribution is 2.40. The van der Waals surface area contributed by atoms with E-state index in [1.54, 1.807) is 0 Å². The van der Waals surface area contributed by atoms with Crippen molar-refractivity contribution in [2.45, 2.75) is 49.8 Å². The highest BCUT2D eigenvalue weighted by atomic mass is 35.5. The lowest BCUT2D eigenvalue weighted by atomic mass is 9.86. The Hall–Kier alpha value is -1.40. The van der Waals surface area contributed by atoms with Crippen molar-refractivity contribution >= 4 is 21.6 Å². The summed E-state index contributed by atoms with van der Waals surface area (Å²) in [7, 11) is -1.20. The first-order valence-electron chi connectivity index (χ1n) is 10.5. The fourth-order valence-corrected chi connectivity index (χ4v) is 6.39. The molecule has 2 atom stereocenters. The number of fused-ring (bicyclic) bond motifs is 1. The highest BCUT2D eigenvalue weighted by molar-refractivity contribution is 7.90. The van der Waals surface area contributed by atoms with E-state index >= 15 is 0 Å². The van der Waals surface area contributed by atoms with Crippen LogP contribution in [0.25, 0.3) is 0 Å². The van der Waals surface area contributed by atoms with Gasteiger partial charge in [0.25, 0.3) is 0 Å². The van der Waals surface area contributed by atoms with E-state index in [0.717, 1.165) is 49.2 Å². The van der Waals surface area contributed by atoms with Crippen LogP contribution in [0.3, 0.4) is 0 Å². The fraction of sp³-hybridized carbons (Fsp3) is 0.478. The molecule has 1 fully saturated rings. The van der Waals surface area contributed by atoms with E-state index in [-0.39, 0.29) is 5.25 Å². The quantitative estimate of drug-likeness (QED) is 0.662. The van der Waals surface area contributed by atoms with Crippen molar-refractivity contribution in [3.05, 3.63) is 69.7 Å². The van der Waals surface area contributed by atoms with Gasteiger partial charge in [0.15, 0.2) is 0 Å². The number of halogens is 1. The molecule has 2 aromatic rings. The number of benzene rings is 2. The summed E-state index contributed by atoms with van der Waals surface area (Å²) >= 11 is 6.20. The lowest BCUT2D eigenvalue weighted by molar-refractivity contribution is 0.436. The molecular weight excluding hydrogens is 404 g/mol. The van der Waals surface area contributed by atoms with E-state index in [1.165, 1.54) is 16.7 Å². The summed E-state index contributed by atoms with van der Waals surface area (Å²) in [5, 5.41) is 3.91. The number of sulfonamides is 1. The summed E-state index contributed by atoms with van der Waals surface area (Å²) < 4.78 is 27.5. The minimum Gasteiger partial charge on any atom is -0.319 e. The van der Waals surface area contributed by atoms with Gasteiger partial charge in [-0.1, -0.05) is 48.4 Å². The van der Waals surface area contributed by atoms with Gasteiger partial charge in [-0.2, -0.15) is 0 Å². The van der Waals surface area contributed by atoms with Gasteiger partial charge in [-0.05, 0) is 85.5 Å². The number of nitrogens with one attached hydrogen (secondary N) is 2. The Bertz CT molecular complexity index is 973. The minimum atomic E-state index is -3.20. The van der Waals surface area contributed by atoms with Gasteiger partial charge in [0.2, 0.25) is 10.0 Å². The molecule has 29 heavy (non-hydrogen) atoms. The molecule has 4 rings (SSSR count). The van der Waals surface area contributed by atoms with Crippen LogP contribution < -0.4 is 10.0 Å². The average Bonchev–Trinajstić information content (AvgIpc) is 2.95. The highest BCUT2D eigenvalue weighted by Gasteiger charge is 2.33. The summed E-state index contributed by atoms with van der Waals surface area (Å²) in [5.41, 5.74) is 5.01. The molecule has 6 heteroatoms. The van der Waals surface area contributed by atoms with Gasteiger partial charge >= 0.3 is 0 Å². The monoisotopic (exact) mass is 432 g/mol. The van der Waals surface area contributed by atoms with Crippen LogP contribution in [0.2, 0.25) is 5.02 Å². The lowest BCUT2D eigenvalue weighted by Gasteiger charge is -2.25. The van der Waals surface area contributed by atoms with E-state index in [9.17, 15) is 8.42 Å². The summed E-state index contributed by atoms with van der Waals surface area (Å²) in [6, 6.07) is 14.6. The maximum Gasteiger partial charge on any atom is 0.214 e. The van der Waals surface area contributed by atoms with Gasteiger partial charge in [0.05, 0.1) is 5.25 Å². The van der Waals surface area contributed by atoms with Gasteiger partial charge in [0, 0.05) is 11.6 Å². The van der Waals surface area contributed by atoms with E-state index in [4.69, 9.17) is 11.6 Å². The van der Waals surface area contributed by atoms with Crippen molar-refractivity contribution in [3.8, 4) is 0 Å². The van der Waals surface area contributed by atoms with Gasteiger partial charge in [-0.3, -0.25) is 0 Å². The molecule has 1 saturated carbocycles. The molecule has 2 aliphatic carbocycles. The average molecular weight is 433 g/mol. The first-order valence-corrected chi connectivity index (χ1v) is 12.4. The predicted octanol–water partition coefficient (Wildman–Crippen LogP) is 4.03. The van der Waals surface area contributed by atoms with Gasteiger partial charge in [-0.15, -0.1) is 0 Å². The predicted molar refractivity (Wildman–Crippen MR) is 119 cm³/mol. The topological polar surface area (TPSA) is 58.2 Å². The molecule has 0 radical (unpaired) electrons. The molecule has 0 saturated heterocycles. The van der Waals surface area contributed by atoms with Crippen molar-refractivity contribution in [1.29, 1.82) is 0 Å². The molecule has 0 spiro atoms. The Morgan fingerprint density at radius 2 is 1.93 bits per heavy atom. The lowest BCUT2D eigenvalue weighted by Crippen LogP contribution is -2.38. The number of rotatable bonds is 8. The molecule has 0 aromatic heterocycles. The number of hydrogen-bond acceptors (Lipinski definition) is 3. The van der Waals surface area contributed by atoms with E-state index in [0.29, 0.717) is 18.4 Å². The zero-order valence-electron chi connectivity index (χ0n) is 16.8. The largest absolute Gasteiger partial charge is 0.319 e. The van der Waals surface area contributed by atoms with Crippen molar-refractivity contribution in [2.24, 2.45) is 5.92 Å². The SMILES string of the molecule is CNCC1Cc2ccc(CNS(=O)(=O)C3CCC3)cc2C1Cc1cccc(Cl)c1. The molecule has 0 aliphatic heterocycles. The first-order chi connectivity index (χ1) is 14.0. The summed E-state index contributed by atoms with van der Waals surface area (Å²) in [5.74, 6) is 0.926. The van der Waals surface area contributed by atoms with Gasteiger partial charge in [-0.25, -0.2) is 13.1 Å². The van der Waals surface area contributed by atoms with Crippen LogP contribution in [-0.2, 0) is 29.4 Å². The van der Waals surface area contributed by atoms with E-state index in [2.05, 4.69) is 34.3 Å². The third-order valence-corrected chi connectivity index (χ3v) is 8.57. The molecule has 2 N–H and O–H groups in total. The molecule has 2 aliphatic rings. The third-order valence-electron chi connectivity index (χ3n) is 6.44. The molecule has 0 bridgehead atoms. The molecule has 156 valence electrons. The van der Waals surface area contributed by atoms with Crippen LogP contribution in [0.4, 0.5) is 0 Å². The van der Waals surface area contributed by atoms with Crippen LogP contribution in [0.5, 0.6) is 0 Å². The molecule has 4 nitrogen and oxygen atoms in total. The second-order valence-electron chi connectivity index (χ2n) is 8.41. The van der Waals surface area contributed by atoms with Gasteiger partial charge in [0.1, 0.15) is 0 Å². The van der Waals surface area contributed by atoms with Crippen molar-refractivity contribution in [2.75, 3.05) is 13.6 Å². The molecular formula is C23H29ClN2O2S. The second-order valence-corrected chi connectivity index (χ2v) is 10.9. The van der Waals surface area contributed by atoms with E-state index in [1.807, 2.05) is 25.2 Å². The Labute approximate surface area is 179 Å². The van der Waals surface area contributed by atoms with Crippen LogP contribution in [0, 0.1) is 5.92 Å². The third kappa shape index (κ3) is 4.69. The summed E-state index contributed by atoms with van der Waals surface area (Å²) in [6.45, 7) is 1.33. The first kappa shape index (κ1) is 20.9. The van der Waals surface area contributed by atoms with Crippen LogP contribution in [0.15, 0.2) is 42.5 Å². The summed E-state index contributed by atoms with van der Waals surface area (Å²) in [6.07, 6.45) is 4.58. The normalized spacial score (nSPS) is 21.7. The zero-order valence-corrected chi connectivity index (χ0v) is 18.4. The molecule has 2 unspecified atom stereocenters. The fourth-order valence-electron chi connectivity index (χ4n) is 4.62. The van der Waals surface area contributed by atoms with Gasteiger partial charge < -0.3 is 5.32 Å². The Morgan fingerprint density at radius 3 is 2.62 bits per heavy atom. The van der Waals surface area contributed by atoms with E-state index < -0.39 is 10.0 Å². The van der Waals surface area contributed by atoms with Crippen molar-refractivity contribution in [1.82, 2.24) is 10.0 Å². The molecule has 0 heterocycles. The Balaban J connectivity index is 1.54.